The van der Waals surface area contributed by atoms with Crippen molar-refractivity contribution in [1.29, 1.82) is 0 Å². The van der Waals surface area contributed by atoms with Gasteiger partial charge in [-0.3, -0.25) is 4.57 Å². The van der Waals surface area contributed by atoms with Gasteiger partial charge in [0.2, 0.25) is 5.95 Å². The SMILES string of the molecule is c1ccc(-c2nc(-n3c4ccccc4c4cc5c(cc43)sc3cc4ccccc4cc35)nc3ccccc23)cc1. The summed E-state index contributed by atoms with van der Waals surface area (Å²) in [7, 11) is 0. The Hall–Kier alpha value is -5.06. The number of benzene rings is 6. The highest BCUT2D eigenvalue weighted by atomic mass is 32.1. The molecule has 40 heavy (non-hydrogen) atoms. The van der Waals surface area contributed by atoms with Crippen LogP contribution < -0.4 is 0 Å². The van der Waals surface area contributed by atoms with Gasteiger partial charge in [-0.25, -0.2) is 9.97 Å². The number of thiophene rings is 1. The minimum Gasteiger partial charge on any atom is -0.278 e. The molecule has 3 heterocycles. The van der Waals surface area contributed by atoms with Gasteiger partial charge in [-0.1, -0.05) is 91.0 Å². The van der Waals surface area contributed by atoms with Crippen LogP contribution in [-0.2, 0) is 0 Å². The molecule has 3 nitrogen and oxygen atoms in total. The van der Waals surface area contributed by atoms with Crippen molar-refractivity contribution in [2.75, 3.05) is 0 Å². The first-order valence-electron chi connectivity index (χ1n) is 13.4. The maximum absolute atomic E-state index is 5.23. The smallest absolute Gasteiger partial charge is 0.235 e. The Morgan fingerprint density at radius 3 is 2.02 bits per heavy atom. The molecule has 0 bridgehead atoms. The van der Waals surface area contributed by atoms with Crippen molar-refractivity contribution in [3.05, 3.63) is 127 Å². The van der Waals surface area contributed by atoms with E-state index in [4.69, 9.17) is 9.97 Å². The van der Waals surface area contributed by atoms with E-state index in [-0.39, 0.29) is 0 Å². The number of aromatic nitrogens is 3. The molecular formula is C36H21N3S. The third kappa shape index (κ3) is 3.11. The largest absolute Gasteiger partial charge is 0.278 e. The maximum Gasteiger partial charge on any atom is 0.235 e. The van der Waals surface area contributed by atoms with E-state index in [1.54, 1.807) is 0 Å². The molecule has 9 rings (SSSR count). The second-order valence-corrected chi connectivity index (χ2v) is 11.4. The van der Waals surface area contributed by atoms with Gasteiger partial charge in [-0.2, -0.15) is 0 Å². The predicted octanol–water partition coefficient (Wildman–Crippen LogP) is 9.91. The Balaban J connectivity index is 1.40. The Morgan fingerprint density at radius 1 is 0.475 bits per heavy atom. The lowest BCUT2D eigenvalue weighted by Crippen LogP contribution is -2.03. The van der Waals surface area contributed by atoms with Gasteiger partial charge in [0.1, 0.15) is 0 Å². The molecule has 0 atom stereocenters. The minimum absolute atomic E-state index is 0.690. The summed E-state index contributed by atoms with van der Waals surface area (Å²) in [5.74, 6) is 0.690. The number of nitrogens with zero attached hydrogens (tertiary/aromatic N) is 3. The minimum atomic E-state index is 0.690. The zero-order valence-electron chi connectivity index (χ0n) is 21.4. The number of fused-ring (bicyclic) bond motifs is 8. The highest BCUT2D eigenvalue weighted by Gasteiger charge is 2.19. The predicted molar refractivity (Wildman–Crippen MR) is 170 cm³/mol. The lowest BCUT2D eigenvalue weighted by Gasteiger charge is -2.11. The van der Waals surface area contributed by atoms with Crippen molar-refractivity contribution in [2.45, 2.75) is 0 Å². The molecule has 0 saturated heterocycles. The average molecular weight is 528 g/mol. The van der Waals surface area contributed by atoms with E-state index in [0.29, 0.717) is 5.95 Å². The van der Waals surface area contributed by atoms with Gasteiger partial charge in [0.15, 0.2) is 0 Å². The van der Waals surface area contributed by atoms with Gasteiger partial charge in [-0.15, -0.1) is 11.3 Å². The molecule has 0 spiro atoms. The molecule has 4 heteroatoms. The Bertz CT molecular complexity index is 2430. The quantitative estimate of drug-likeness (QED) is 0.224. The van der Waals surface area contributed by atoms with Crippen LogP contribution in [0.1, 0.15) is 0 Å². The van der Waals surface area contributed by atoms with Crippen molar-refractivity contribution in [3.8, 4) is 17.2 Å². The number of para-hydroxylation sites is 2. The maximum atomic E-state index is 5.23. The first-order chi connectivity index (χ1) is 19.8. The van der Waals surface area contributed by atoms with Gasteiger partial charge in [0.25, 0.3) is 0 Å². The van der Waals surface area contributed by atoms with Crippen molar-refractivity contribution in [3.63, 3.8) is 0 Å². The molecular weight excluding hydrogens is 506 g/mol. The summed E-state index contributed by atoms with van der Waals surface area (Å²) >= 11 is 1.85. The van der Waals surface area contributed by atoms with Crippen molar-refractivity contribution in [1.82, 2.24) is 14.5 Å². The molecule has 0 radical (unpaired) electrons. The van der Waals surface area contributed by atoms with E-state index < -0.39 is 0 Å². The Labute approximate surface area is 233 Å². The third-order valence-electron chi connectivity index (χ3n) is 7.97. The molecule has 0 saturated carbocycles. The van der Waals surface area contributed by atoms with E-state index in [0.717, 1.165) is 33.2 Å². The fourth-order valence-electron chi connectivity index (χ4n) is 6.12. The van der Waals surface area contributed by atoms with Crippen LogP contribution in [-0.4, -0.2) is 14.5 Å². The molecule has 0 amide bonds. The van der Waals surface area contributed by atoms with Crippen LogP contribution in [0, 0.1) is 0 Å². The molecule has 0 unspecified atom stereocenters. The van der Waals surface area contributed by atoms with E-state index in [1.165, 1.54) is 41.7 Å². The summed E-state index contributed by atoms with van der Waals surface area (Å²) in [4.78, 5) is 10.3. The molecule has 0 aliphatic heterocycles. The first kappa shape index (κ1) is 21.8. The monoisotopic (exact) mass is 527 g/mol. The lowest BCUT2D eigenvalue weighted by molar-refractivity contribution is 1.01. The van der Waals surface area contributed by atoms with Gasteiger partial charge < -0.3 is 0 Å². The second-order valence-electron chi connectivity index (χ2n) is 10.3. The Kier molecular flexibility index (Phi) is 4.48. The fraction of sp³-hybridized carbons (Fsp3) is 0. The molecule has 186 valence electrons. The normalized spacial score (nSPS) is 12.0. The molecule has 3 aromatic heterocycles. The summed E-state index contributed by atoms with van der Waals surface area (Å²) in [6.45, 7) is 0. The van der Waals surface area contributed by atoms with E-state index in [1.807, 2.05) is 23.5 Å². The van der Waals surface area contributed by atoms with Gasteiger partial charge in [-0.05, 0) is 47.2 Å². The van der Waals surface area contributed by atoms with Crippen LogP contribution in [0.15, 0.2) is 127 Å². The van der Waals surface area contributed by atoms with E-state index in [2.05, 4.69) is 120 Å². The van der Waals surface area contributed by atoms with Crippen LogP contribution in [0.25, 0.3) is 80.9 Å². The molecule has 0 fully saturated rings. The highest BCUT2D eigenvalue weighted by molar-refractivity contribution is 7.26. The Morgan fingerprint density at radius 2 is 1.15 bits per heavy atom. The molecule has 0 N–H and O–H groups in total. The number of hydrogen-bond donors (Lipinski definition) is 0. The first-order valence-corrected chi connectivity index (χ1v) is 14.2. The van der Waals surface area contributed by atoms with Crippen molar-refractivity contribution in [2.24, 2.45) is 0 Å². The molecule has 0 aliphatic carbocycles. The number of rotatable bonds is 2. The highest BCUT2D eigenvalue weighted by Crippen LogP contribution is 2.42. The van der Waals surface area contributed by atoms with Crippen molar-refractivity contribution < 1.29 is 0 Å². The van der Waals surface area contributed by atoms with Gasteiger partial charge >= 0.3 is 0 Å². The summed E-state index contributed by atoms with van der Waals surface area (Å²) in [5.41, 5.74) is 5.20. The van der Waals surface area contributed by atoms with Crippen LogP contribution in [0.4, 0.5) is 0 Å². The zero-order valence-corrected chi connectivity index (χ0v) is 22.2. The molecule has 6 aromatic carbocycles. The van der Waals surface area contributed by atoms with Crippen LogP contribution >= 0.6 is 11.3 Å². The summed E-state index contributed by atoms with van der Waals surface area (Å²) < 4.78 is 4.82. The van der Waals surface area contributed by atoms with E-state index in [9.17, 15) is 0 Å². The molecule has 9 aromatic rings. The van der Waals surface area contributed by atoms with Crippen molar-refractivity contribution >= 4 is 75.0 Å². The fourth-order valence-corrected chi connectivity index (χ4v) is 7.27. The van der Waals surface area contributed by atoms with Crippen LogP contribution in [0.3, 0.4) is 0 Å². The van der Waals surface area contributed by atoms with E-state index >= 15 is 0 Å². The standard InChI is InChI=1S/C36H21N3S/c1-2-10-22(11-3-1)35-26-15-6-8-16-30(26)37-36(38-35)39-31-17-9-7-14-25(31)27-20-29-28-18-23-12-4-5-13-24(23)19-33(28)40-34(29)21-32(27)39/h1-21H. The van der Waals surface area contributed by atoms with Gasteiger partial charge in [0.05, 0.1) is 22.2 Å². The third-order valence-corrected chi connectivity index (χ3v) is 9.09. The second kappa shape index (κ2) is 8.22. The summed E-state index contributed by atoms with van der Waals surface area (Å²) in [6, 6.07) is 45.3. The summed E-state index contributed by atoms with van der Waals surface area (Å²) in [6.07, 6.45) is 0. The topological polar surface area (TPSA) is 30.7 Å². The molecule has 0 aliphatic rings. The van der Waals surface area contributed by atoms with Gasteiger partial charge in [0, 0.05) is 41.9 Å². The number of hydrogen-bond acceptors (Lipinski definition) is 3. The van der Waals surface area contributed by atoms with Crippen LogP contribution in [0.2, 0.25) is 0 Å². The average Bonchev–Trinajstić information content (AvgIpc) is 3.52. The zero-order chi connectivity index (χ0) is 26.2. The van der Waals surface area contributed by atoms with Crippen LogP contribution in [0.5, 0.6) is 0 Å². The lowest BCUT2D eigenvalue weighted by atomic mass is 10.0. The summed E-state index contributed by atoms with van der Waals surface area (Å²) in [5, 5.41) is 8.63.